The lowest BCUT2D eigenvalue weighted by Crippen LogP contribution is -1.91. The van der Waals surface area contributed by atoms with Gasteiger partial charge in [0.1, 0.15) is 5.75 Å². The molecule has 0 fully saturated rings. The van der Waals surface area contributed by atoms with E-state index in [1.165, 1.54) is 6.08 Å². The van der Waals surface area contributed by atoms with Crippen LogP contribution in [-0.2, 0) is 6.42 Å². The van der Waals surface area contributed by atoms with E-state index in [0.717, 1.165) is 12.1 Å². The van der Waals surface area contributed by atoms with Gasteiger partial charge in [0.25, 0.3) is 0 Å². The van der Waals surface area contributed by atoms with E-state index < -0.39 is 16.4 Å². The van der Waals surface area contributed by atoms with Crippen LogP contribution in [0.3, 0.4) is 0 Å². The molecule has 0 amide bonds. The Morgan fingerprint density at radius 1 is 1.43 bits per heavy atom. The highest BCUT2D eigenvalue weighted by Crippen LogP contribution is 2.33. The van der Waals surface area contributed by atoms with Crippen LogP contribution in [0.1, 0.15) is 5.56 Å². The highest BCUT2D eigenvalue weighted by atomic mass is 16.6. The summed E-state index contributed by atoms with van der Waals surface area (Å²) in [6.07, 6.45) is 1.82. The van der Waals surface area contributed by atoms with E-state index in [9.17, 15) is 15.2 Å². The predicted octanol–water partition coefficient (Wildman–Crippen LogP) is 1.73. The SMILES string of the molecule is C=CCc1cc([N+](=O)[O-])c(O)cc1O. The zero-order valence-corrected chi connectivity index (χ0v) is 7.30. The molecular formula is C9H9NO4. The minimum Gasteiger partial charge on any atom is -0.508 e. The van der Waals surface area contributed by atoms with E-state index >= 15 is 0 Å². The molecule has 0 aliphatic heterocycles. The van der Waals surface area contributed by atoms with E-state index in [0.29, 0.717) is 12.0 Å². The van der Waals surface area contributed by atoms with Gasteiger partial charge in [-0.25, -0.2) is 0 Å². The van der Waals surface area contributed by atoms with Crippen molar-refractivity contribution < 1.29 is 15.1 Å². The molecule has 0 aliphatic carbocycles. The number of phenolic OH excluding ortho intramolecular Hbond substituents is 2. The quantitative estimate of drug-likeness (QED) is 0.437. The fourth-order valence-electron chi connectivity index (χ4n) is 1.07. The van der Waals surface area contributed by atoms with Crippen molar-refractivity contribution in [3.63, 3.8) is 0 Å². The Morgan fingerprint density at radius 3 is 2.57 bits per heavy atom. The van der Waals surface area contributed by atoms with E-state index in [4.69, 9.17) is 5.11 Å². The van der Waals surface area contributed by atoms with Crippen LogP contribution >= 0.6 is 0 Å². The Kier molecular flexibility index (Phi) is 2.71. The smallest absolute Gasteiger partial charge is 0.311 e. The van der Waals surface area contributed by atoms with Gasteiger partial charge in [-0.15, -0.1) is 6.58 Å². The number of benzene rings is 1. The number of phenols is 2. The molecule has 5 nitrogen and oxygen atoms in total. The number of hydrogen-bond donors (Lipinski definition) is 2. The zero-order valence-electron chi connectivity index (χ0n) is 7.30. The first-order chi connectivity index (χ1) is 6.56. The highest BCUT2D eigenvalue weighted by Gasteiger charge is 2.16. The molecule has 0 saturated heterocycles. The summed E-state index contributed by atoms with van der Waals surface area (Å²) in [6.45, 7) is 3.45. The van der Waals surface area contributed by atoms with E-state index in [2.05, 4.69) is 6.58 Å². The van der Waals surface area contributed by atoms with Gasteiger partial charge in [-0.1, -0.05) is 6.08 Å². The third kappa shape index (κ3) is 1.82. The maximum absolute atomic E-state index is 10.4. The number of nitro groups is 1. The van der Waals surface area contributed by atoms with Gasteiger partial charge in [-0.2, -0.15) is 0 Å². The van der Waals surface area contributed by atoms with Gasteiger partial charge in [0.15, 0.2) is 5.75 Å². The summed E-state index contributed by atoms with van der Waals surface area (Å²) in [5.74, 6) is -0.715. The van der Waals surface area contributed by atoms with Gasteiger partial charge >= 0.3 is 5.69 Å². The van der Waals surface area contributed by atoms with Gasteiger partial charge in [-0.05, 0) is 6.42 Å². The number of rotatable bonds is 3. The Balaban J connectivity index is 3.26. The summed E-state index contributed by atoms with van der Waals surface area (Å²) < 4.78 is 0. The molecule has 0 heterocycles. The van der Waals surface area contributed by atoms with Crippen molar-refractivity contribution in [2.45, 2.75) is 6.42 Å². The van der Waals surface area contributed by atoms with E-state index in [-0.39, 0.29) is 5.75 Å². The Bertz CT molecular complexity index is 387. The maximum atomic E-state index is 10.4. The molecule has 14 heavy (non-hydrogen) atoms. The Hall–Kier alpha value is -2.04. The molecule has 1 rings (SSSR count). The van der Waals surface area contributed by atoms with E-state index in [1.807, 2.05) is 0 Å². The van der Waals surface area contributed by atoms with Crippen LogP contribution in [-0.4, -0.2) is 15.1 Å². The molecule has 1 aromatic rings. The summed E-state index contributed by atoms with van der Waals surface area (Å²) in [6, 6.07) is 2.09. The summed E-state index contributed by atoms with van der Waals surface area (Å²) >= 11 is 0. The second kappa shape index (κ2) is 3.78. The third-order valence-electron chi connectivity index (χ3n) is 1.74. The van der Waals surface area contributed by atoms with Crippen molar-refractivity contribution in [3.8, 4) is 11.5 Å². The minimum absolute atomic E-state index is 0.173. The lowest BCUT2D eigenvalue weighted by Gasteiger charge is -2.02. The molecule has 0 spiro atoms. The summed E-state index contributed by atoms with van der Waals surface area (Å²) in [4.78, 5) is 9.72. The van der Waals surface area contributed by atoms with Crippen LogP contribution in [0.25, 0.3) is 0 Å². The maximum Gasteiger partial charge on any atom is 0.311 e. The zero-order chi connectivity index (χ0) is 10.7. The van der Waals surface area contributed by atoms with Gasteiger partial charge < -0.3 is 10.2 Å². The highest BCUT2D eigenvalue weighted by molar-refractivity contribution is 5.53. The standard InChI is InChI=1S/C9H9NO4/c1-2-3-6-4-7(10(13)14)9(12)5-8(6)11/h2,4-5,11-12H,1,3H2. The molecule has 0 saturated carbocycles. The first-order valence-electron chi connectivity index (χ1n) is 3.86. The van der Waals surface area contributed by atoms with Gasteiger partial charge in [0.2, 0.25) is 0 Å². The first-order valence-corrected chi connectivity index (χ1v) is 3.86. The topological polar surface area (TPSA) is 83.6 Å². The van der Waals surface area contributed by atoms with Crippen molar-refractivity contribution in [2.75, 3.05) is 0 Å². The third-order valence-corrected chi connectivity index (χ3v) is 1.74. The molecule has 74 valence electrons. The van der Waals surface area contributed by atoms with Crippen LogP contribution in [0.2, 0.25) is 0 Å². The Morgan fingerprint density at radius 2 is 2.07 bits per heavy atom. The molecule has 0 radical (unpaired) electrons. The van der Waals surface area contributed by atoms with Crippen molar-refractivity contribution in [2.24, 2.45) is 0 Å². The number of nitro benzene ring substituents is 1. The molecule has 0 atom stereocenters. The molecule has 1 aromatic carbocycles. The van der Waals surface area contributed by atoms with Crippen LogP contribution < -0.4 is 0 Å². The average Bonchev–Trinajstić information content (AvgIpc) is 2.09. The molecule has 0 bridgehead atoms. The van der Waals surface area contributed by atoms with Crippen molar-refractivity contribution in [1.29, 1.82) is 0 Å². The molecule has 0 unspecified atom stereocenters. The number of hydrogen-bond acceptors (Lipinski definition) is 4. The second-order valence-corrected chi connectivity index (χ2v) is 2.72. The van der Waals surface area contributed by atoms with Gasteiger partial charge in [0, 0.05) is 17.7 Å². The monoisotopic (exact) mass is 195 g/mol. The predicted molar refractivity (Wildman–Crippen MR) is 50.3 cm³/mol. The van der Waals surface area contributed by atoms with Crippen LogP contribution in [0, 0.1) is 10.1 Å². The normalized spacial score (nSPS) is 9.71. The number of aromatic hydroxyl groups is 2. The van der Waals surface area contributed by atoms with Crippen LogP contribution in [0.15, 0.2) is 24.8 Å². The van der Waals surface area contributed by atoms with Gasteiger partial charge in [-0.3, -0.25) is 10.1 Å². The largest absolute Gasteiger partial charge is 0.508 e. The lowest BCUT2D eigenvalue weighted by atomic mass is 10.1. The second-order valence-electron chi connectivity index (χ2n) is 2.72. The van der Waals surface area contributed by atoms with Crippen LogP contribution in [0.5, 0.6) is 11.5 Å². The summed E-state index contributed by atoms with van der Waals surface area (Å²) in [7, 11) is 0. The van der Waals surface area contributed by atoms with Crippen molar-refractivity contribution >= 4 is 5.69 Å². The average molecular weight is 195 g/mol. The van der Waals surface area contributed by atoms with Gasteiger partial charge in [0.05, 0.1) is 4.92 Å². The van der Waals surface area contributed by atoms with Crippen molar-refractivity contribution in [3.05, 3.63) is 40.5 Å². The summed E-state index contributed by atoms with van der Waals surface area (Å²) in [5.41, 5.74) is -0.0517. The van der Waals surface area contributed by atoms with Crippen molar-refractivity contribution in [1.82, 2.24) is 0 Å². The molecule has 0 aromatic heterocycles. The minimum atomic E-state index is -0.707. The molecular weight excluding hydrogens is 186 g/mol. The molecule has 0 aliphatic rings. The Labute approximate surface area is 80.1 Å². The van der Waals surface area contributed by atoms with Crippen LogP contribution in [0.4, 0.5) is 5.69 Å². The molecule has 5 heteroatoms. The fraction of sp³-hybridized carbons (Fsp3) is 0.111. The summed E-state index contributed by atoms with van der Waals surface area (Å²) in [5, 5.41) is 28.9. The van der Waals surface area contributed by atoms with E-state index in [1.54, 1.807) is 0 Å². The number of allylic oxidation sites excluding steroid dienone is 1. The fourth-order valence-corrected chi connectivity index (χ4v) is 1.07. The first kappa shape index (κ1) is 10.0. The lowest BCUT2D eigenvalue weighted by molar-refractivity contribution is -0.385. The number of nitrogens with zero attached hydrogens (tertiary/aromatic N) is 1. The molecule has 2 N–H and O–H groups in total.